The third-order valence-electron chi connectivity index (χ3n) is 2.33. The minimum Gasteiger partial charge on any atom is -0.394 e. The molecule has 96 valence electrons. The van der Waals surface area contributed by atoms with Crippen molar-refractivity contribution in [1.82, 2.24) is 10.3 Å². The van der Waals surface area contributed by atoms with E-state index in [0.29, 0.717) is 11.6 Å². The van der Waals surface area contributed by atoms with Gasteiger partial charge in [-0.3, -0.25) is 5.32 Å². The molecule has 1 rings (SSSR count). The largest absolute Gasteiger partial charge is 0.394 e. The van der Waals surface area contributed by atoms with Crippen molar-refractivity contribution >= 4 is 22.5 Å². The van der Waals surface area contributed by atoms with Gasteiger partial charge in [-0.1, -0.05) is 20.3 Å². The number of hydrogen-bond acceptors (Lipinski definition) is 4. The van der Waals surface area contributed by atoms with Crippen LogP contribution in [0.2, 0.25) is 0 Å². The predicted octanol–water partition coefficient (Wildman–Crippen LogP) is 1.99. The van der Waals surface area contributed by atoms with E-state index >= 15 is 0 Å². The summed E-state index contributed by atoms with van der Waals surface area (Å²) in [5.41, 5.74) is 1.00. The average Bonchev–Trinajstić information content (AvgIpc) is 2.74. The first-order valence-corrected chi connectivity index (χ1v) is 6.70. The number of aryl methyl sites for hydroxylation is 1. The lowest BCUT2D eigenvalue weighted by atomic mass is 10.2. The number of anilines is 1. The number of carbonyl (C=O) groups is 1. The van der Waals surface area contributed by atoms with Gasteiger partial charge in [0.2, 0.25) is 0 Å². The molecule has 2 amide bonds. The Hall–Kier alpha value is -1.14. The van der Waals surface area contributed by atoms with Gasteiger partial charge in [0.15, 0.2) is 5.13 Å². The van der Waals surface area contributed by atoms with Gasteiger partial charge in [-0.25, -0.2) is 9.78 Å². The van der Waals surface area contributed by atoms with Gasteiger partial charge in [-0.2, -0.15) is 0 Å². The summed E-state index contributed by atoms with van der Waals surface area (Å²) in [6.07, 6.45) is 2.66. The Morgan fingerprint density at radius 3 is 2.94 bits per heavy atom. The van der Waals surface area contributed by atoms with E-state index in [1.165, 1.54) is 11.3 Å². The van der Waals surface area contributed by atoms with Crippen molar-refractivity contribution in [2.24, 2.45) is 0 Å². The first-order chi connectivity index (χ1) is 8.19. The summed E-state index contributed by atoms with van der Waals surface area (Å²) in [4.78, 5) is 15.8. The van der Waals surface area contributed by atoms with E-state index in [-0.39, 0.29) is 18.7 Å². The molecule has 0 fully saturated rings. The molecular weight excluding hydrogens is 238 g/mol. The van der Waals surface area contributed by atoms with Crippen LogP contribution in [0.3, 0.4) is 0 Å². The van der Waals surface area contributed by atoms with E-state index in [1.54, 1.807) is 0 Å². The highest BCUT2D eigenvalue weighted by molar-refractivity contribution is 7.13. The Balaban J connectivity index is 2.44. The second-order valence-electron chi connectivity index (χ2n) is 3.78. The topological polar surface area (TPSA) is 74.2 Å². The SMILES string of the molecule is CCCc1csc(NC(=O)NC(CC)CO)n1. The lowest BCUT2D eigenvalue weighted by Crippen LogP contribution is -2.39. The molecule has 0 aliphatic rings. The fourth-order valence-electron chi connectivity index (χ4n) is 1.33. The quantitative estimate of drug-likeness (QED) is 0.729. The number of nitrogens with zero attached hydrogens (tertiary/aromatic N) is 1. The van der Waals surface area contributed by atoms with Gasteiger partial charge in [0, 0.05) is 5.38 Å². The molecule has 3 N–H and O–H groups in total. The third kappa shape index (κ3) is 4.70. The fourth-order valence-corrected chi connectivity index (χ4v) is 2.07. The van der Waals surface area contributed by atoms with E-state index in [4.69, 9.17) is 5.11 Å². The highest BCUT2D eigenvalue weighted by atomic mass is 32.1. The molecule has 1 aromatic rings. The lowest BCUT2D eigenvalue weighted by molar-refractivity contribution is 0.222. The molecule has 1 aromatic heterocycles. The number of thiazole rings is 1. The molecule has 5 nitrogen and oxygen atoms in total. The minimum atomic E-state index is -0.316. The first-order valence-electron chi connectivity index (χ1n) is 5.82. The van der Waals surface area contributed by atoms with E-state index in [0.717, 1.165) is 18.5 Å². The second-order valence-corrected chi connectivity index (χ2v) is 4.64. The van der Waals surface area contributed by atoms with Crippen LogP contribution in [0.5, 0.6) is 0 Å². The lowest BCUT2D eigenvalue weighted by Gasteiger charge is -2.13. The number of aliphatic hydroxyl groups is 1. The van der Waals surface area contributed by atoms with Gasteiger partial charge in [-0.15, -0.1) is 11.3 Å². The molecule has 6 heteroatoms. The maximum atomic E-state index is 11.5. The molecule has 0 aliphatic carbocycles. The fraction of sp³-hybridized carbons (Fsp3) is 0.636. The van der Waals surface area contributed by atoms with E-state index < -0.39 is 0 Å². The molecule has 1 heterocycles. The number of rotatable bonds is 6. The Labute approximate surface area is 105 Å². The van der Waals surface area contributed by atoms with Crippen molar-refractivity contribution in [2.75, 3.05) is 11.9 Å². The summed E-state index contributed by atoms with van der Waals surface area (Å²) in [6.45, 7) is 3.94. The van der Waals surface area contributed by atoms with Crippen LogP contribution in [0, 0.1) is 0 Å². The molecule has 0 saturated heterocycles. The van der Waals surface area contributed by atoms with Crippen LogP contribution < -0.4 is 10.6 Å². The molecule has 0 bridgehead atoms. The van der Waals surface area contributed by atoms with Crippen molar-refractivity contribution in [3.05, 3.63) is 11.1 Å². The maximum Gasteiger partial charge on any atom is 0.321 e. The van der Waals surface area contributed by atoms with Gasteiger partial charge >= 0.3 is 6.03 Å². The van der Waals surface area contributed by atoms with Crippen LogP contribution in [-0.4, -0.2) is 28.8 Å². The number of urea groups is 1. The number of aromatic nitrogens is 1. The van der Waals surface area contributed by atoms with E-state index in [1.807, 2.05) is 12.3 Å². The highest BCUT2D eigenvalue weighted by Crippen LogP contribution is 2.16. The van der Waals surface area contributed by atoms with E-state index in [2.05, 4.69) is 22.5 Å². The zero-order valence-corrected chi connectivity index (χ0v) is 11.0. The number of hydrogen-bond donors (Lipinski definition) is 3. The number of carbonyl (C=O) groups excluding carboxylic acids is 1. The molecule has 0 aromatic carbocycles. The van der Waals surface area contributed by atoms with Crippen LogP contribution in [0.15, 0.2) is 5.38 Å². The van der Waals surface area contributed by atoms with Crippen LogP contribution >= 0.6 is 11.3 Å². The van der Waals surface area contributed by atoms with Crippen molar-refractivity contribution in [2.45, 2.75) is 39.2 Å². The summed E-state index contributed by atoms with van der Waals surface area (Å²) in [5.74, 6) is 0. The van der Waals surface area contributed by atoms with Crippen LogP contribution in [-0.2, 0) is 6.42 Å². The van der Waals surface area contributed by atoms with Crippen molar-refractivity contribution in [3.63, 3.8) is 0 Å². The Morgan fingerprint density at radius 2 is 2.35 bits per heavy atom. The van der Waals surface area contributed by atoms with Crippen LogP contribution in [0.25, 0.3) is 0 Å². The zero-order valence-electron chi connectivity index (χ0n) is 10.2. The minimum absolute atomic E-state index is 0.0527. The highest BCUT2D eigenvalue weighted by Gasteiger charge is 2.10. The van der Waals surface area contributed by atoms with Gasteiger partial charge in [0.05, 0.1) is 18.3 Å². The molecule has 1 atom stereocenters. The number of nitrogens with one attached hydrogen (secondary N) is 2. The van der Waals surface area contributed by atoms with Crippen molar-refractivity contribution in [3.8, 4) is 0 Å². The standard InChI is InChI=1S/C11H19N3O2S/c1-3-5-9-7-17-11(13-9)14-10(16)12-8(4-2)6-15/h7-8,15H,3-6H2,1-2H3,(H2,12,13,14,16). The van der Waals surface area contributed by atoms with Crippen molar-refractivity contribution < 1.29 is 9.90 Å². The van der Waals surface area contributed by atoms with Gasteiger partial charge in [0.25, 0.3) is 0 Å². The van der Waals surface area contributed by atoms with Crippen molar-refractivity contribution in [1.29, 1.82) is 0 Å². The van der Waals surface area contributed by atoms with Crippen LogP contribution in [0.1, 0.15) is 32.4 Å². The molecule has 0 radical (unpaired) electrons. The molecule has 1 unspecified atom stereocenters. The maximum absolute atomic E-state index is 11.5. The first kappa shape index (κ1) is 13.9. The Kier molecular flexibility index (Phi) is 5.93. The summed E-state index contributed by atoms with van der Waals surface area (Å²) in [6, 6.07) is -0.520. The molecule has 0 aliphatic heterocycles. The molecular formula is C11H19N3O2S. The predicted molar refractivity (Wildman–Crippen MR) is 69.4 cm³/mol. The second kappa shape index (κ2) is 7.24. The summed E-state index contributed by atoms with van der Waals surface area (Å²) in [7, 11) is 0. The number of amides is 2. The Bertz CT molecular complexity index is 350. The van der Waals surface area contributed by atoms with Gasteiger partial charge in [0.1, 0.15) is 0 Å². The molecule has 0 spiro atoms. The molecule has 0 saturated carbocycles. The van der Waals surface area contributed by atoms with E-state index in [9.17, 15) is 4.79 Å². The third-order valence-corrected chi connectivity index (χ3v) is 3.13. The van der Waals surface area contributed by atoms with Gasteiger partial charge in [-0.05, 0) is 12.8 Å². The zero-order chi connectivity index (χ0) is 12.7. The summed E-state index contributed by atoms with van der Waals surface area (Å²) in [5, 5.41) is 16.8. The smallest absolute Gasteiger partial charge is 0.321 e. The average molecular weight is 257 g/mol. The summed E-state index contributed by atoms with van der Waals surface area (Å²) < 4.78 is 0. The monoisotopic (exact) mass is 257 g/mol. The van der Waals surface area contributed by atoms with Crippen LogP contribution in [0.4, 0.5) is 9.93 Å². The summed E-state index contributed by atoms with van der Waals surface area (Å²) >= 11 is 1.41. The van der Waals surface area contributed by atoms with Gasteiger partial charge < -0.3 is 10.4 Å². The Morgan fingerprint density at radius 1 is 1.59 bits per heavy atom. The number of aliphatic hydroxyl groups excluding tert-OH is 1. The normalized spacial score (nSPS) is 12.2. The molecule has 17 heavy (non-hydrogen) atoms.